The molecule has 1 saturated heterocycles. The molecule has 0 aromatic heterocycles. The molecule has 108 valence electrons. The van der Waals surface area contributed by atoms with Crippen LogP contribution in [0.5, 0.6) is 0 Å². The zero-order chi connectivity index (χ0) is 14.5. The van der Waals surface area contributed by atoms with Crippen molar-refractivity contribution in [3.05, 3.63) is 28.8 Å². The van der Waals surface area contributed by atoms with Crippen LogP contribution in [0.25, 0.3) is 0 Å². The van der Waals surface area contributed by atoms with Crippen molar-refractivity contribution >= 4 is 29.2 Å². The van der Waals surface area contributed by atoms with Crippen molar-refractivity contribution in [1.29, 1.82) is 0 Å². The Labute approximate surface area is 122 Å². The molecule has 5 nitrogen and oxygen atoms in total. The lowest BCUT2D eigenvalue weighted by molar-refractivity contribution is -0.135. The third-order valence-electron chi connectivity index (χ3n) is 3.28. The third-order valence-corrected chi connectivity index (χ3v) is 3.71. The van der Waals surface area contributed by atoms with Crippen LogP contribution in [-0.4, -0.2) is 36.5 Å². The van der Waals surface area contributed by atoms with E-state index in [1.54, 1.807) is 17.0 Å². The number of hydrogen-bond acceptors (Lipinski definition) is 4. The van der Waals surface area contributed by atoms with Crippen LogP contribution < -0.4 is 5.73 Å². The van der Waals surface area contributed by atoms with Crippen LogP contribution in [0.15, 0.2) is 18.2 Å². The van der Waals surface area contributed by atoms with Crippen molar-refractivity contribution in [2.24, 2.45) is 0 Å². The number of nitrogens with two attached hydrogens (primary N) is 1. The number of esters is 1. The highest BCUT2D eigenvalue weighted by Gasteiger charge is 2.19. The second-order valence-electron chi connectivity index (χ2n) is 4.73. The molecule has 0 saturated carbocycles. The monoisotopic (exact) mass is 296 g/mol. The number of nitrogens with zero attached hydrogens (tertiary/aromatic N) is 1. The van der Waals surface area contributed by atoms with Crippen molar-refractivity contribution in [3.8, 4) is 0 Å². The molecule has 0 aliphatic carbocycles. The molecule has 6 heteroatoms. The Morgan fingerprint density at radius 3 is 2.65 bits per heavy atom. The van der Waals surface area contributed by atoms with E-state index in [1.807, 2.05) is 0 Å². The predicted octanol–water partition coefficient (Wildman–Crippen LogP) is 2.09. The lowest BCUT2D eigenvalue weighted by Crippen LogP contribution is -2.38. The molecule has 1 aliphatic rings. The summed E-state index contributed by atoms with van der Waals surface area (Å²) in [6.45, 7) is 1.20. The van der Waals surface area contributed by atoms with E-state index in [9.17, 15) is 9.59 Å². The fourth-order valence-corrected chi connectivity index (χ4v) is 2.35. The Balaban J connectivity index is 1.91. The van der Waals surface area contributed by atoms with E-state index >= 15 is 0 Å². The van der Waals surface area contributed by atoms with Gasteiger partial charge in [-0.2, -0.15) is 0 Å². The van der Waals surface area contributed by atoms with E-state index in [0.717, 1.165) is 32.4 Å². The zero-order valence-corrected chi connectivity index (χ0v) is 11.9. The first-order chi connectivity index (χ1) is 9.59. The minimum Gasteiger partial charge on any atom is -0.452 e. The molecule has 1 heterocycles. The van der Waals surface area contributed by atoms with E-state index < -0.39 is 5.97 Å². The first-order valence-electron chi connectivity index (χ1n) is 6.58. The highest BCUT2D eigenvalue weighted by atomic mass is 35.5. The number of amides is 1. The highest BCUT2D eigenvalue weighted by molar-refractivity contribution is 6.36. The lowest BCUT2D eigenvalue weighted by atomic mass is 10.1. The van der Waals surface area contributed by atoms with Crippen molar-refractivity contribution in [3.63, 3.8) is 0 Å². The zero-order valence-electron chi connectivity index (χ0n) is 11.1. The average molecular weight is 297 g/mol. The summed E-state index contributed by atoms with van der Waals surface area (Å²) in [5.41, 5.74) is 6.10. The van der Waals surface area contributed by atoms with E-state index in [-0.39, 0.29) is 23.1 Å². The molecule has 1 amide bonds. The van der Waals surface area contributed by atoms with Crippen LogP contribution in [-0.2, 0) is 9.53 Å². The van der Waals surface area contributed by atoms with E-state index in [2.05, 4.69) is 0 Å². The molecular formula is C14H17ClN2O3. The summed E-state index contributed by atoms with van der Waals surface area (Å²) in [7, 11) is 0. The van der Waals surface area contributed by atoms with Gasteiger partial charge in [-0.15, -0.1) is 0 Å². The van der Waals surface area contributed by atoms with E-state index in [4.69, 9.17) is 22.1 Å². The molecular weight excluding hydrogens is 280 g/mol. The van der Waals surface area contributed by atoms with Crippen LogP contribution in [0.1, 0.15) is 29.6 Å². The average Bonchev–Trinajstić information content (AvgIpc) is 2.48. The SMILES string of the molecule is Nc1cccc(C(=O)OCC(=O)N2CCCCC2)c1Cl. The molecule has 0 radical (unpaired) electrons. The summed E-state index contributed by atoms with van der Waals surface area (Å²) in [5.74, 6) is -0.800. The second kappa shape index (κ2) is 6.61. The van der Waals surface area contributed by atoms with Crippen molar-refractivity contribution in [2.45, 2.75) is 19.3 Å². The van der Waals surface area contributed by atoms with Crippen LogP contribution in [0.3, 0.4) is 0 Å². The summed E-state index contributed by atoms with van der Waals surface area (Å²) >= 11 is 5.93. The van der Waals surface area contributed by atoms with Gasteiger partial charge in [0, 0.05) is 13.1 Å². The number of nitrogen functional groups attached to an aromatic ring is 1. The number of hydrogen-bond donors (Lipinski definition) is 1. The standard InChI is InChI=1S/C14H17ClN2O3/c15-13-10(5-4-6-11(13)16)14(19)20-9-12(18)17-7-2-1-3-8-17/h4-6H,1-3,7-9,16H2. The number of carbonyl (C=O) groups excluding carboxylic acids is 2. The number of halogens is 1. The Morgan fingerprint density at radius 1 is 1.25 bits per heavy atom. The number of benzene rings is 1. The van der Waals surface area contributed by atoms with Gasteiger partial charge in [-0.05, 0) is 31.4 Å². The van der Waals surface area contributed by atoms with Crippen LogP contribution in [0, 0.1) is 0 Å². The highest BCUT2D eigenvalue weighted by Crippen LogP contribution is 2.23. The summed E-state index contributed by atoms with van der Waals surface area (Å²) in [6.07, 6.45) is 3.14. The number of piperidine rings is 1. The van der Waals surface area contributed by atoms with Crippen LogP contribution in [0.4, 0.5) is 5.69 Å². The predicted molar refractivity (Wildman–Crippen MR) is 76.6 cm³/mol. The maximum Gasteiger partial charge on any atom is 0.340 e. The van der Waals surface area contributed by atoms with E-state index in [0.29, 0.717) is 5.69 Å². The number of anilines is 1. The van der Waals surface area contributed by atoms with Gasteiger partial charge in [0.1, 0.15) is 0 Å². The van der Waals surface area contributed by atoms with Gasteiger partial charge >= 0.3 is 5.97 Å². The molecule has 20 heavy (non-hydrogen) atoms. The number of ether oxygens (including phenoxy) is 1. The molecule has 0 bridgehead atoms. The van der Waals surface area contributed by atoms with Crippen LogP contribution in [0.2, 0.25) is 5.02 Å². The number of carbonyl (C=O) groups is 2. The van der Waals surface area contributed by atoms with Crippen molar-refractivity contribution < 1.29 is 14.3 Å². The molecule has 1 aromatic carbocycles. The summed E-state index contributed by atoms with van der Waals surface area (Å²) < 4.78 is 5.01. The van der Waals surface area contributed by atoms with Gasteiger partial charge < -0.3 is 15.4 Å². The van der Waals surface area contributed by atoms with E-state index in [1.165, 1.54) is 6.07 Å². The first kappa shape index (κ1) is 14.7. The Bertz CT molecular complexity index is 513. The van der Waals surface area contributed by atoms with Gasteiger partial charge in [-0.3, -0.25) is 4.79 Å². The Kier molecular flexibility index (Phi) is 4.84. The fourth-order valence-electron chi connectivity index (χ4n) is 2.15. The molecule has 1 aliphatic heterocycles. The van der Waals surface area contributed by atoms with Gasteiger partial charge in [0.2, 0.25) is 0 Å². The van der Waals surface area contributed by atoms with Gasteiger partial charge in [0.05, 0.1) is 16.3 Å². The maximum atomic E-state index is 11.9. The smallest absolute Gasteiger partial charge is 0.340 e. The fraction of sp³-hybridized carbons (Fsp3) is 0.429. The lowest BCUT2D eigenvalue weighted by Gasteiger charge is -2.26. The largest absolute Gasteiger partial charge is 0.452 e. The van der Waals surface area contributed by atoms with Crippen molar-refractivity contribution in [2.75, 3.05) is 25.4 Å². The molecule has 2 rings (SSSR count). The van der Waals surface area contributed by atoms with Crippen LogP contribution >= 0.6 is 11.6 Å². The van der Waals surface area contributed by atoms with Crippen molar-refractivity contribution in [1.82, 2.24) is 4.90 Å². The van der Waals surface area contributed by atoms with Gasteiger partial charge in [-0.25, -0.2) is 4.79 Å². The molecule has 0 unspecified atom stereocenters. The third kappa shape index (κ3) is 3.42. The maximum absolute atomic E-state index is 11.9. The molecule has 0 spiro atoms. The van der Waals surface area contributed by atoms with Gasteiger partial charge in [0.25, 0.3) is 5.91 Å². The summed E-state index contributed by atoms with van der Waals surface area (Å²) in [5, 5.41) is 0.155. The minimum absolute atomic E-state index is 0.155. The minimum atomic E-state index is -0.632. The molecule has 0 atom stereocenters. The summed E-state index contributed by atoms with van der Waals surface area (Å²) in [6, 6.07) is 4.73. The van der Waals surface area contributed by atoms with Gasteiger partial charge in [0.15, 0.2) is 6.61 Å². The normalized spacial score (nSPS) is 14.9. The molecule has 1 fully saturated rings. The Morgan fingerprint density at radius 2 is 1.95 bits per heavy atom. The quantitative estimate of drug-likeness (QED) is 0.685. The Hall–Kier alpha value is -1.75. The first-order valence-corrected chi connectivity index (χ1v) is 6.96. The molecule has 1 aromatic rings. The number of likely N-dealkylation sites (tertiary alicyclic amines) is 1. The number of rotatable bonds is 3. The van der Waals surface area contributed by atoms with Gasteiger partial charge in [-0.1, -0.05) is 17.7 Å². The molecule has 2 N–H and O–H groups in total. The summed E-state index contributed by atoms with van der Waals surface area (Å²) in [4.78, 5) is 25.5. The topological polar surface area (TPSA) is 72.6 Å². The second-order valence-corrected chi connectivity index (χ2v) is 5.10.